The Labute approximate surface area is 190 Å². The van der Waals surface area contributed by atoms with Gasteiger partial charge in [0.05, 0.1) is 36.4 Å². The number of carbonyl (C=O) groups is 1. The summed E-state index contributed by atoms with van der Waals surface area (Å²) in [6, 6.07) is 21.8. The first-order chi connectivity index (χ1) is 16.2. The molecule has 0 aliphatic carbocycles. The van der Waals surface area contributed by atoms with Gasteiger partial charge in [0.25, 0.3) is 5.91 Å². The Balaban J connectivity index is 1.32. The lowest BCUT2D eigenvalue weighted by Gasteiger charge is -2.16. The van der Waals surface area contributed by atoms with Crippen molar-refractivity contribution in [2.24, 2.45) is 0 Å². The molecule has 4 heterocycles. The van der Waals surface area contributed by atoms with Crippen LogP contribution in [0.15, 0.2) is 85.3 Å². The van der Waals surface area contributed by atoms with Crippen molar-refractivity contribution < 1.29 is 4.79 Å². The average Bonchev–Trinajstić information content (AvgIpc) is 3.63. The first-order valence-electron chi connectivity index (χ1n) is 10.8. The number of hydrogen-bond donors (Lipinski definition) is 0. The summed E-state index contributed by atoms with van der Waals surface area (Å²) in [6.07, 6.45) is 5.51. The zero-order chi connectivity index (χ0) is 22.4. The second-order valence-corrected chi connectivity index (χ2v) is 8.10. The average molecular weight is 435 g/mol. The zero-order valence-corrected chi connectivity index (χ0v) is 18.0. The maximum atomic E-state index is 13.2. The van der Waals surface area contributed by atoms with Crippen LogP contribution in [0.25, 0.3) is 17.2 Å². The number of fused-ring (bicyclic) bond motifs is 1. The van der Waals surface area contributed by atoms with Crippen LogP contribution in [0.2, 0.25) is 0 Å². The van der Waals surface area contributed by atoms with Crippen molar-refractivity contribution in [3.8, 4) is 17.2 Å². The predicted octanol–water partition coefficient (Wildman–Crippen LogP) is 3.71. The molecule has 0 saturated heterocycles. The minimum absolute atomic E-state index is 0.157. The van der Waals surface area contributed by atoms with Gasteiger partial charge >= 0.3 is 0 Å². The summed E-state index contributed by atoms with van der Waals surface area (Å²) in [6.45, 7) is 2.96. The third kappa shape index (κ3) is 3.32. The highest BCUT2D eigenvalue weighted by atomic mass is 16.2. The second-order valence-electron chi connectivity index (χ2n) is 8.10. The van der Waals surface area contributed by atoms with Crippen molar-refractivity contribution in [1.29, 1.82) is 0 Å². The molecule has 0 radical (unpaired) electrons. The highest BCUT2D eigenvalue weighted by Gasteiger charge is 2.32. The number of aryl methyl sites for hydroxylation is 1. The predicted molar refractivity (Wildman–Crippen MR) is 123 cm³/mol. The van der Waals surface area contributed by atoms with E-state index in [1.165, 1.54) is 16.6 Å². The fourth-order valence-corrected chi connectivity index (χ4v) is 4.16. The molecule has 3 aromatic heterocycles. The molecule has 33 heavy (non-hydrogen) atoms. The molecule has 0 fully saturated rings. The van der Waals surface area contributed by atoms with Gasteiger partial charge in [0.15, 0.2) is 5.69 Å². The summed E-state index contributed by atoms with van der Waals surface area (Å²) in [5.41, 5.74) is 5.24. The molecule has 8 heteroatoms. The lowest BCUT2D eigenvalue weighted by Crippen LogP contribution is -2.27. The van der Waals surface area contributed by atoms with Crippen LogP contribution in [-0.4, -0.2) is 40.1 Å². The van der Waals surface area contributed by atoms with Crippen LogP contribution < -0.4 is 0 Å². The van der Waals surface area contributed by atoms with E-state index in [4.69, 9.17) is 5.10 Å². The smallest absolute Gasteiger partial charge is 0.276 e. The molecule has 1 amide bonds. The molecular formula is C25H21N7O. The van der Waals surface area contributed by atoms with Crippen molar-refractivity contribution in [2.75, 3.05) is 0 Å². The number of amides is 1. The summed E-state index contributed by atoms with van der Waals surface area (Å²) in [5, 5.41) is 13.6. The van der Waals surface area contributed by atoms with Crippen LogP contribution >= 0.6 is 0 Å². The third-order valence-electron chi connectivity index (χ3n) is 5.84. The Morgan fingerprint density at radius 1 is 0.848 bits per heavy atom. The molecule has 5 aromatic rings. The Morgan fingerprint density at radius 3 is 2.36 bits per heavy atom. The number of benzene rings is 2. The monoisotopic (exact) mass is 435 g/mol. The summed E-state index contributed by atoms with van der Waals surface area (Å²) in [7, 11) is 0. The second kappa shape index (κ2) is 7.59. The van der Waals surface area contributed by atoms with Gasteiger partial charge in [0, 0.05) is 18.0 Å². The fourth-order valence-electron chi connectivity index (χ4n) is 4.16. The highest BCUT2D eigenvalue weighted by molar-refractivity contribution is 5.92. The van der Waals surface area contributed by atoms with Gasteiger partial charge in [-0.15, -0.1) is 5.10 Å². The minimum atomic E-state index is -0.157. The lowest BCUT2D eigenvalue weighted by atomic mass is 10.2. The van der Waals surface area contributed by atoms with Gasteiger partial charge in [-0.2, -0.15) is 15.0 Å². The minimum Gasteiger partial charge on any atom is -0.327 e. The standard InChI is InChI=1S/C25H21N7O/c1-18-9-11-19(12-10-18)31-24(29-13-5-6-14-29)21-16-30(17-23(21)27-31)25(33)22-15-26-32(28-22)20-7-3-2-4-8-20/h2-15H,16-17H2,1H3. The van der Waals surface area contributed by atoms with Gasteiger partial charge in [-0.3, -0.25) is 4.79 Å². The van der Waals surface area contributed by atoms with Gasteiger partial charge in [-0.25, -0.2) is 4.68 Å². The van der Waals surface area contributed by atoms with Crippen molar-refractivity contribution in [3.05, 3.63) is 108 Å². The molecular weight excluding hydrogens is 414 g/mol. The summed E-state index contributed by atoms with van der Waals surface area (Å²) in [4.78, 5) is 16.5. The van der Waals surface area contributed by atoms with Crippen LogP contribution in [0.1, 0.15) is 27.3 Å². The molecule has 1 aliphatic heterocycles. The van der Waals surface area contributed by atoms with Crippen molar-refractivity contribution in [3.63, 3.8) is 0 Å². The largest absolute Gasteiger partial charge is 0.327 e. The van der Waals surface area contributed by atoms with Crippen molar-refractivity contribution in [2.45, 2.75) is 20.0 Å². The molecule has 0 bridgehead atoms. The molecule has 6 rings (SSSR count). The Morgan fingerprint density at radius 2 is 1.61 bits per heavy atom. The van der Waals surface area contributed by atoms with E-state index < -0.39 is 0 Å². The fraction of sp³-hybridized carbons (Fsp3) is 0.120. The number of para-hydroxylation sites is 1. The van der Waals surface area contributed by atoms with E-state index >= 15 is 0 Å². The van der Waals surface area contributed by atoms with E-state index in [2.05, 4.69) is 41.4 Å². The quantitative estimate of drug-likeness (QED) is 0.431. The van der Waals surface area contributed by atoms with Gasteiger partial charge in [-0.1, -0.05) is 35.9 Å². The molecule has 0 saturated carbocycles. The van der Waals surface area contributed by atoms with Crippen molar-refractivity contribution in [1.82, 2.24) is 34.2 Å². The van der Waals surface area contributed by atoms with Gasteiger partial charge in [-0.05, 0) is 43.3 Å². The molecule has 0 unspecified atom stereocenters. The number of carbonyl (C=O) groups excluding carboxylic acids is 1. The number of rotatable bonds is 4. The molecule has 0 N–H and O–H groups in total. The summed E-state index contributed by atoms with van der Waals surface area (Å²) >= 11 is 0. The molecule has 0 spiro atoms. The van der Waals surface area contributed by atoms with Crippen LogP contribution in [0.5, 0.6) is 0 Å². The molecule has 8 nitrogen and oxygen atoms in total. The van der Waals surface area contributed by atoms with Gasteiger partial charge < -0.3 is 9.47 Å². The van der Waals surface area contributed by atoms with E-state index in [1.54, 1.807) is 4.90 Å². The van der Waals surface area contributed by atoms with Gasteiger partial charge in [0.2, 0.25) is 0 Å². The molecule has 0 atom stereocenters. The van der Waals surface area contributed by atoms with E-state index in [1.807, 2.05) is 64.1 Å². The molecule has 2 aromatic carbocycles. The normalized spacial score (nSPS) is 12.8. The maximum absolute atomic E-state index is 13.2. The first-order valence-corrected chi connectivity index (χ1v) is 10.8. The van der Waals surface area contributed by atoms with E-state index in [9.17, 15) is 4.79 Å². The Hall–Kier alpha value is -4.46. The maximum Gasteiger partial charge on any atom is 0.276 e. The first kappa shape index (κ1) is 19.2. The van der Waals surface area contributed by atoms with Crippen LogP contribution in [0.3, 0.4) is 0 Å². The Bertz CT molecular complexity index is 1430. The number of aromatic nitrogens is 6. The SMILES string of the molecule is Cc1ccc(-n2nc3c(c2-n2cccc2)CN(C(=O)c2cnn(-c4ccccc4)n2)C3)cc1. The zero-order valence-electron chi connectivity index (χ0n) is 18.0. The summed E-state index contributed by atoms with van der Waals surface area (Å²) < 4.78 is 4.00. The Kier molecular flexibility index (Phi) is 4.43. The topological polar surface area (TPSA) is 73.8 Å². The number of hydrogen-bond acceptors (Lipinski definition) is 4. The van der Waals surface area contributed by atoms with Crippen LogP contribution in [-0.2, 0) is 13.1 Å². The van der Waals surface area contributed by atoms with E-state index in [-0.39, 0.29) is 5.91 Å². The van der Waals surface area contributed by atoms with Crippen molar-refractivity contribution >= 4 is 5.91 Å². The van der Waals surface area contributed by atoms with Crippen LogP contribution in [0.4, 0.5) is 0 Å². The number of nitrogens with zero attached hydrogens (tertiary/aromatic N) is 7. The van der Waals surface area contributed by atoms with Gasteiger partial charge in [0.1, 0.15) is 5.82 Å². The van der Waals surface area contributed by atoms with E-state index in [0.717, 1.165) is 28.5 Å². The molecule has 1 aliphatic rings. The summed E-state index contributed by atoms with van der Waals surface area (Å²) in [5.74, 6) is 0.789. The van der Waals surface area contributed by atoms with E-state index in [0.29, 0.717) is 18.8 Å². The third-order valence-corrected chi connectivity index (χ3v) is 5.84. The lowest BCUT2D eigenvalue weighted by molar-refractivity contribution is 0.0742. The van der Waals surface area contributed by atoms with Crippen LogP contribution in [0, 0.1) is 6.92 Å². The highest BCUT2D eigenvalue weighted by Crippen LogP contribution is 2.31. The molecule has 162 valence electrons.